The van der Waals surface area contributed by atoms with E-state index in [2.05, 4.69) is 37.4 Å². The van der Waals surface area contributed by atoms with Gasteiger partial charge in [-0.3, -0.25) is 0 Å². The molecule has 0 amide bonds. The second-order valence-electron chi connectivity index (χ2n) is 5.46. The second kappa shape index (κ2) is 4.89. The third-order valence-corrected chi connectivity index (χ3v) is 5.90. The lowest BCUT2D eigenvalue weighted by Gasteiger charge is -2.28. The van der Waals surface area contributed by atoms with Crippen LogP contribution in [0.4, 0.5) is 0 Å². The molecule has 0 radical (unpaired) electrons. The van der Waals surface area contributed by atoms with E-state index in [0.29, 0.717) is 0 Å². The van der Waals surface area contributed by atoms with Gasteiger partial charge in [-0.2, -0.15) is 0 Å². The van der Waals surface area contributed by atoms with Crippen LogP contribution in [0.25, 0.3) is 10.1 Å². The Hall–Kier alpha value is -0.900. The summed E-state index contributed by atoms with van der Waals surface area (Å²) in [4.78, 5) is 1.47. The molecule has 1 unspecified atom stereocenters. The first-order valence-corrected chi connectivity index (χ1v) is 7.91. The Morgan fingerprint density at radius 3 is 2.89 bits per heavy atom. The molecule has 2 nitrogen and oxygen atoms in total. The molecular formula is C16H21NOS. The van der Waals surface area contributed by atoms with E-state index in [-0.39, 0.29) is 12.1 Å². The normalized spacial score (nSPS) is 23.3. The van der Waals surface area contributed by atoms with Gasteiger partial charge >= 0.3 is 0 Å². The van der Waals surface area contributed by atoms with Gasteiger partial charge in [0.2, 0.25) is 0 Å². The van der Waals surface area contributed by atoms with Gasteiger partial charge in [0.1, 0.15) is 0 Å². The van der Waals surface area contributed by atoms with E-state index in [1.807, 2.05) is 11.3 Å². The van der Waals surface area contributed by atoms with Gasteiger partial charge in [0, 0.05) is 9.58 Å². The number of benzene rings is 1. The lowest BCUT2D eigenvalue weighted by atomic mass is 9.88. The molecule has 0 aliphatic carbocycles. The summed E-state index contributed by atoms with van der Waals surface area (Å²) in [6.07, 6.45) is 3.26. The number of aryl methyl sites for hydroxylation is 2. The Morgan fingerprint density at radius 1 is 1.42 bits per heavy atom. The van der Waals surface area contributed by atoms with Crippen molar-refractivity contribution in [3.8, 4) is 0 Å². The number of aliphatic hydroxyl groups excluding tert-OH is 1. The zero-order chi connectivity index (χ0) is 13.5. The molecule has 19 heavy (non-hydrogen) atoms. The highest BCUT2D eigenvalue weighted by molar-refractivity contribution is 7.19. The quantitative estimate of drug-likeness (QED) is 0.900. The van der Waals surface area contributed by atoms with Crippen LogP contribution in [0.1, 0.15) is 35.8 Å². The monoisotopic (exact) mass is 275 g/mol. The third-order valence-electron chi connectivity index (χ3n) is 4.41. The minimum Gasteiger partial charge on any atom is -0.394 e. The van der Waals surface area contributed by atoms with Crippen molar-refractivity contribution in [2.75, 3.05) is 13.2 Å². The predicted molar refractivity (Wildman–Crippen MR) is 81.9 cm³/mol. The Labute approximate surface area is 118 Å². The largest absolute Gasteiger partial charge is 0.394 e. The van der Waals surface area contributed by atoms with Gasteiger partial charge in [-0.05, 0) is 49.2 Å². The molecule has 2 N–H and O–H groups in total. The van der Waals surface area contributed by atoms with Gasteiger partial charge in [0.15, 0.2) is 0 Å². The first-order valence-electron chi connectivity index (χ1n) is 7.09. The van der Waals surface area contributed by atoms with E-state index in [0.717, 1.165) is 25.8 Å². The number of nitrogens with one attached hydrogen (secondary N) is 1. The maximum atomic E-state index is 9.90. The van der Waals surface area contributed by atoms with Gasteiger partial charge in [-0.15, -0.1) is 11.3 Å². The smallest absolute Gasteiger partial charge is 0.0683 e. The molecule has 1 aromatic heterocycles. The molecule has 3 heteroatoms. The standard InChI is InChI=1S/C16H21NOS/c1-3-14-11(2)12-6-4-7-13(15(12)19-14)16(10-18)8-5-9-17-16/h4,6-7,17-18H,3,5,8-10H2,1-2H3. The van der Waals surface area contributed by atoms with Gasteiger partial charge in [-0.25, -0.2) is 0 Å². The van der Waals surface area contributed by atoms with Crippen molar-refractivity contribution in [3.63, 3.8) is 0 Å². The van der Waals surface area contributed by atoms with Crippen LogP contribution in [0, 0.1) is 6.92 Å². The van der Waals surface area contributed by atoms with Gasteiger partial charge in [0.05, 0.1) is 12.1 Å². The summed E-state index contributed by atoms with van der Waals surface area (Å²) in [5.41, 5.74) is 2.48. The summed E-state index contributed by atoms with van der Waals surface area (Å²) in [5.74, 6) is 0. The van der Waals surface area contributed by atoms with Crippen LogP contribution in [0.15, 0.2) is 18.2 Å². The summed E-state index contributed by atoms with van der Waals surface area (Å²) in [6.45, 7) is 5.62. The first-order chi connectivity index (χ1) is 9.22. The highest BCUT2D eigenvalue weighted by Crippen LogP contribution is 2.40. The number of hydrogen-bond donors (Lipinski definition) is 2. The van der Waals surface area contributed by atoms with Crippen LogP contribution >= 0.6 is 11.3 Å². The number of fused-ring (bicyclic) bond motifs is 1. The maximum Gasteiger partial charge on any atom is 0.0683 e. The molecule has 1 atom stereocenters. The number of aliphatic hydroxyl groups is 1. The van der Waals surface area contributed by atoms with Crippen molar-refractivity contribution < 1.29 is 5.11 Å². The SMILES string of the molecule is CCc1sc2c(C3(CO)CCCN3)cccc2c1C. The van der Waals surface area contributed by atoms with Crippen LogP contribution in [0.5, 0.6) is 0 Å². The molecule has 1 aliphatic heterocycles. The number of rotatable bonds is 3. The zero-order valence-electron chi connectivity index (χ0n) is 11.6. The second-order valence-corrected chi connectivity index (χ2v) is 6.56. The minimum atomic E-state index is -0.220. The molecule has 1 saturated heterocycles. The van der Waals surface area contributed by atoms with E-state index >= 15 is 0 Å². The molecule has 102 valence electrons. The highest BCUT2D eigenvalue weighted by Gasteiger charge is 2.36. The highest BCUT2D eigenvalue weighted by atomic mass is 32.1. The molecular weight excluding hydrogens is 254 g/mol. The first kappa shape index (κ1) is 13.1. The fourth-order valence-electron chi connectivity index (χ4n) is 3.26. The summed E-state index contributed by atoms with van der Waals surface area (Å²) in [6, 6.07) is 6.53. The van der Waals surface area contributed by atoms with Crippen molar-refractivity contribution >= 4 is 21.4 Å². The summed E-state index contributed by atoms with van der Waals surface area (Å²) < 4.78 is 1.36. The maximum absolute atomic E-state index is 9.90. The van der Waals surface area contributed by atoms with Crippen molar-refractivity contribution in [2.45, 2.75) is 38.6 Å². The molecule has 1 aliphatic rings. The Balaban J connectivity index is 2.24. The van der Waals surface area contributed by atoms with Crippen LogP contribution in [-0.4, -0.2) is 18.3 Å². The summed E-state index contributed by atoms with van der Waals surface area (Å²) in [5, 5.41) is 14.8. The van der Waals surface area contributed by atoms with Crippen molar-refractivity contribution in [3.05, 3.63) is 34.2 Å². The van der Waals surface area contributed by atoms with Gasteiger partial charge in [0.25, 0.3) is 0 Å². The summed E-state index contributed by atoms with van der Waals surface area (Å²) >= 11 is 1.90. The fraction of sp³-hybridized carbons (Fsp3) is 0.500. The lowest BCUT2D eigenvalue weighted by Crippen LogP contribution is -2.40. The minimum absolute atomic E-state index is 0.185. The molecule has 0 spiro atoms. The number of hydrogen-bond acceptors (Lipinski definition) is 3. The molecule has 1 aromatic carbocycles. The van der Waals surface area contributed by atoms with Gasteiger partial charge in [-0.1, -0.05) is 25.1 Å². The Bertz CT molecular complexity index is 596. The number of thiophene rings is 1. The molecule has 3 rings (SSSR count). The molecule has 0 bridgehead atoms. The Kier molecular flexibility index (Phi) is 3.37. The van der Waals surface area contributed by atoms with E-state index in [1.54, 1.807) is 0 Å². The predicted octanol–water partition coefficient (Wildman–Crippen LogP) is 3.34. The van der Waals surface area contributed by atoms with Crippen LogP contribution in [-0.2, 0) is 12.0 Å². The average molecular weight is 275 g/mol. The van der Waals surface area contributed by atoms with Crippen molar-refractivity contribution in [1.29, 1.82) is 0 Å². The molecule has 2 heterocycles. The van der Waals surface area contributed by atoms with E-state index in [9.17, 15) is 5.11 Å². The fourth-order valence-corrected chi connectivity index (χ4v) is 4.62. The topological polar surface area (TPSA) is 32.3 Å². The molecule has 0 saturated carbocycles. The van der Waals surface area contributed by atoms with E-state index < -0.39 is 0 Å². The summed E-state index contributed by atoms with van der Waals surface area (Å²) in [7, 11) is 0. The average Bonchev–Trinajstić information content (AvgIpc) is 3.04. The van der Waals surface area contributed by atoms with Crippen LogP contribution in [0.3, 0.4) is 0 Å². The Morgan fingerprint density at radius 2 is 2.26 bits per heavy atom. The lowest BCUT2D eigenvalue weighted by molar-refractivity contribution is 0.180. The van der Waals surface area contributed by atoms with Crippen molar-refractivity contribution in [2.24, 2.45) is 0 Å². The third kappa shape index (κ3) is 1.92. The van der Waals surface area contributed by atoms with E-state index in [4.69, 9.17) is 0 Å². The zero-order valence-corrected chi connectivity index (χ0v) is 12.4. The van der Waals surface area contributed by atoms with Crippen molar-refractivity contribution in [1.82, 2.24) is 5.32 Å². The van der Waals surface area contributed by atoms with E-state index in [1.165, 1.54) is 26.1 Å². The molecule has 1 fully saturated rings. The van der Waals surface area contributed by atoms with Gasteiger partial charge < -0.3 is 10.4 Å². The van der Waals surface area contributed by atoms with Crippen LogP contribution in [0.2, 0.25) is 0 Å². The van der Waals surface area contributed by atoms with Crippen LogP contribution < -0.4 is 5.32 Å². The molecule has 2 aromatic rings.